The highest BCUT2D eigenvalue weighted by Gasteiger charge is 2.56. The van der Waals surface area contributed by atoms with Gasteiger partial charge in [-0.05, 0) is 18.1 Å². The van der Waals surface area contributed by atoms with Gasteiger partial charge in [-0.3, -0.25) is 14.5 Å². The van der Waals surface area contributed by atoms with Gasteiger partial charge in [-0.2, -0.15) is 0 Å². The highest BCUT2D eigenvalue weighted by Crippen LogP contribution is 2.44. The summed E-state index contributed by atoms with van der Waals surface area (Å²) < 4.78 is 6.12. The van der Waals surface area contributed by atoms with E-state index < -0.39 is 35.3 Å². The summed E-state index contributed by atoms with van der Waals surface area (Å²) in [5, 5.41) is 11.3. The third-order valence-corrected chi connectivity index (χ3v) is 8.81. The number of nitrogen functional groups attached to an aromatic ring is 1. The van der Waals surface area contributed by atoms with Gasteiger partial charge < -0.3 is 25.5 Å². The molecule has 3 atom stereocenters. The van der Waals surface area contributed by atoms with Crippen LogP contribution in [0.1, 0.15) is 29.8 Å². The molecule has 3 aromatic rings. The Labute approximate surface area is 255 Å². The first-order valence-corrected chi connectivity index (χ1v) is 14.9. The number of thiazole rings is 1. The van der Waals surface area contributed by atoms with Gasteiger partial charge in [0.25, 0.3) is 11.8 Å². The Hall–Kier alpha value is -4.69. The van der Waals surface area contributed by atoms with Crippen LogP contribution in [-0.4, -0.2) is 70.5 Å². The predicted molar refractivity (Wildman–Crippen MR) is 163 cm³/mol. The van der Waals surface area contributed by atoms with Crippen molar-refractivity contribution >= 4 is 57.9 Å². The van der Waals surface area contributed by atoms with E-state index in [1.54, 1.807) is 5.38 Å². The molecule has 1 aromatic heterocycles. The number of benzene rings is 2. The van der Waals surface area contributed by atoms with Crippen molar-refractivity contribution < 1.29 is 28.8 Å². The SMILES string of the molecule is CON=CC1=C(C(=O)OC(c2ccccc2)c2ccccc2)N2C(=O)C(NC(=O)/C(=N/OC)c3csc(N)n3)[C@H]2S[C@@H]1C. The minimum Gasteiger partial charge on any atom is -0.448 e. The number of hydrogen-bond acceptors (Lipinski definition) is 12. The number of carbonyl (C=O) groups excluding carboxylic acids is 3. The lowest BCUT2D eigenvalue weighted by Crippen LogP contribution is -2.71. The number of nitrogens with one attached hydrogen (secondary N) is 1. The van der Waals surface area contributed by atoms with E-state index in [1.165, 1.54) is 37.1 Å². The molecule has 2 aromatic carbocycles. The van der Waals surface area contributed by atoms with Crippen molar-refractivity contribution in [1.82, 2.24) is 15.2 Å². The summed E-state index contributed by atoms with van der Waals surface area (Å²) >= 11 is 2.52. The number of oxime groups is 2. The number of esters is 1. The van der Waals surface area contributed by atoms with Crippen molar-refractivity contribution in [1.29, 1.82) is 0 Å². The van der Waals surface area contributed by atoms with Crippen molar-refractivity contribution in [3.63, 3.8) is 0 Å². The lowest BCUT2D eigenvalue weighted by molar-refractivity contribution is -0.154. The second kappa shape index (κ2) is 13.1. The van der Waals surface area contributed by atoms with Crippen LogP contribution >= 0.6 is 23.1 Å². The molecule has 2 aliphatic rings. The molecule has 3 N–H and O–H groups in total. The van der Waals surface area contributed by atoms with Crippen LogP contribution in [0.3, 0.4) is 0 Å². The Kier molecular flexibility index (Phi) is 9.07. The second-order valence-corrected chi connectivity index (χ2v) is 11.7. The van der Waals surface area contributed by atoms with Crippen molar-refractivity contribution in [3.05, 3.63) is 94.1 Å². The van der Waals surface area contributed by atoms with Gasteiger partial charge in [0.2, 0.25) is 0 Å². The monoisotopic (exact) mass is 620 g/mol. The first-order valence-electron chi connectivity index (χ1n) is 13.1. The summed E-state index contributed by atoms with van der Waals surface area (Å²) in [6.45, 7) is 1.87. The van der Waals surface area contributed by atoms with Gasteiger partial charge >= 0.3 is 5.97 Å². The number of fused-ring (bicyclic) bond motifs is 1. The standard InChI is InChI=1S/C29H28N6O6S2/c1-16-19(14-31-39-2)23(28(38)41-24(17-10-6-4-7-11-17)18-12-8-5-9-13-18)35-26(37)22(27(35)43-16)33-25(36)21(34-40-3)20-15-42-29(30)32-20/h4-16,22,24,27H,1-3H3,(H2,30,32)(H,33,36)/b31-14?,34-21+/t16-,22?,27-/m1/s1. The number of nitrogens with zero attached hydrogens (tertiary/aromatic N) is 4. The topological polar surface area (TPSA) is 158 Å². The normalized spacial score (nSPS) is 20.1. The van der Waals surface area contributed by atoms with Crippen LogP contribution in [0.15, 0.2) is 87.6 Å². The minimum absolute atomic E-state index is 0.0301. The molecule has 0 saturated carbocycles. The molecule has 2 amide bonds. The lowest BCUT2D eigenvalue weighted by Gasteiger charge is -2.50. The van der Waals surface area contributed by atoms with E-state index in [0.717, 1.165) is 22.5 Å². The number of hydrogen-bond donors (Lipinski definition) is 2. The third kappa shape index (κ3) is 6.10. The number of nitrogens with two attached hydrogens (primary N) is 1. The van der Waals surface area contributed by atoms with Crippen LogP contribution in [0.5, 0.6) is 0 Å². The summed E-state index contributed by atoms with van der Waals surface area (Å²) in [6, 6.07) is 17.7. The van der Waals surface area contributed by atoms with Crippen molar-refractivity contribution in [2.24, 2.45) is 10.3 Å². The van der Waals surface area contributed by atoms with E-state index in [4.69, 9.17) is 20.1 Å². The van der Waals surface area contributed by atoms with E-state index in [2.05, 4.69) is 20.6 Å². The van der Waals surface area contributed by atoms with Crippen LogP contribution in [0.25, 0.3) is 0 Å². The number of rotatable bonds is 10. The summed E-state index contributed by atoms with van der Waals surface area (Å²) in [4.78, 5) is 55.9. The molecule has 5 rings (SSSR count). The van der Waals surface area contributed by atoms with Gasteiger partial charge in [0.05, 0.1) is 6.21 Å². The quantitative estimate of drug-likeness (QED) is 0.150. The van der Waals surface area contributed by atoms with E-state index in [0.29, 0.717) is 5.57 Å². The maximum Gasteiger partial charge on any atom is 0.356 e. The summed E-state index contributed by atoms with van der Waals surface area (Å²) in [5.74, 6) is -1.89. The fourth-order valence-corrected chi connectivity index (χ4v) is 6.69. The van der Waals surface area contributed by atoms with Crippen molar-refractivity contribution in [3.8, 4) is 0 Å². The number of anilines is 1. The first-order chi connectivity index (χ1) is 20.8. The van der Waals surface area contributed by atoms with Crippen LogP contribution in [0, 0.1) is 0 Å². The molecular formula is C29H28N6O6S2. The smallest absolute Gasteiger partial charge is 0.356 e. The van der Waals surface area contributed by atoms with Gasteiger partial charge in [-0.15, -0.1) is 23.1 Å². The summed E-state index contributed by atoms with van der Waals surface area (Å²) in [6.07, 6.45) is 0.663. The highest BCUT2D eigenvalue weighted by molar-refractivity contribution is 8.00. The Morgan fingerprint density at radius 3 is 2.28 bits per heavy atom. The molecule has 0 aliphatic carbocycles. The molecule has 3 heterocycles. The van der Waals surface area contributed by atoms with E-state index in [-0.39, 0.29) is 27.5 Å². The zero-order valence-corrected chi connectivity index (χ0v) is 25.0. The molecule has 222 valence electrons. The Bertz CT molecular complexity index is 1550. The number of β-lactam (4-membered cyclic amide) rings is 1. The minimum atomic E-state index is -0.958. The first kappa shape index (κ1) is 29.8. The maximum absolute atomic E-state index is 14.0. The van der Waals surface area contributed by atoms with Crippen LogP contribution < -0.4 is 11.1 Å². The Balaban J connectivity index is 1.45. The fourth-order valence-electron chi connectivity index (χ4n) is 4.73. The average molecular weight is 621 g/mol. The van der Waals surface area contributed by atoms with Gasteiger partial charge in [0.1, 0.15) is 37.0 Å². The summed E-state index contributed by atoms with van der Waals surface area (Å²) in [5.41, 5.74) is 7.81. The zero-order valence-electron chi connectivity index (χ0n) is 23.4. The largest absolute Gasteiger partial charge is 0.448 e. The molecule has 12 nitrogen and oxygen atoms in total. The summed E-state index contributed by atoms with van der Waals surface area (Å²) in [7, 11) is 2.68. The molecule has 2 aliphatic heterocycles. The fraction of sp³-hybridized carbons (Fsp3) is 0.241. The molecular weight excluding hydrogens is 592 g/mol. The highest BCUT2D eigenvalue weighted by atomic mass is 32.2. The second-order valence-electron chi connectivity index (χ2n) is 9.35. The number of aromatic nitrogens is 1. The van der Waals surface area contributed by atoms with Gasteiger partial charge in [0.15, 0.2) is 16.9 Å². The molecule has 1 saturated heterocycles. The Morgan fingerprint density at radius 2 is 1.72 bits per heavy atom. The molecule has 43 heavy (non-hydrogen) atoms. The lowest BCUT2D eigenvalue weighted by atomic mass is 9.99. The van der Waals surface area contributed by atoms with Gasteiger partial charge in [0, 0.05) is 16.2 Å². The van der Waals surface area contributed by atoms with E-state index in [1.807, 2.05) is 67.6 Å². The number of ether oxygens (including phenoxy) is 1. The van der Waals surface area contributed by atoms with Crippen LogP contribution in [-0.2, 0) is 28.8 Å². The zero-order chi connectivity index (χ0) is 30.5. The number of thioether (sulfide) groups is 1. The van der Waals surface area contributed by atoms with Crippen LogP contribution in [0.2, 0.25) is 0 Å². The molecule has 14 heteroatoms. The van der Waals surface area contributed by atoms with E-state index in [9.17, 15) is 14.4 Å². The van der Waals surface area contributed by atoms with Crippen LogP contribution in [0.4, 0.5) is 5.13 Å². The number of carbonyl (C=O) groups is 3. The number of amides is 2. The average Bonchev–Trinajstić information content (AvgIpc) is 3.46. The predicted octanol–water partition coefficient (Wildman–Crippen LogP) is 3.08. The third-order valence-electron chi connectivity index (χ3n) is 6.71. The Morgan fingerprint density at radius 1 is 1.07 bits per heavy atom. The van der Waals surface area contributed by atoms with Gasteiger partial charge in [-0.25, -0.2) is 9.78 Å². The molecule has 1 fully saturated rings. The molecule has 0 bridgehead atoms. The van der Waals surface area contributed by atoms with E-state index >= 15 is 0 Å². The molecule has 0 spiro atoms. The van der Waals surface area contributed by atoms with Gasteiger partial charge in [-0.1, -0.05) is 71.0 Å². The van der Waals surface area contributed by atoms with Crippen molar-refractivity contribution in [2.45, 2.75) is 29.7 Å². The molecule has 0 radical (unpaired) electrons. The molecule has 1 unspecified atom stereocenters. The van der Waals surface area contributed by atoms with Crippen molar-refractivity contribution in [2.75, 3.05) is 20.0 Å². The maximum atomic E-state index is 14.0.